The molecule has 1 aliphatic carbocycles. The molecular formula is C18H14BrN3O. The SMILES string of the molecule is O[C@@H]1c2cccnc2-c2ncccc2[C@H]1Nc1ccccc1Br. The predicted molar refractivity (Wildman–Crippen MR) is 92.9 cm³/mol. The Kier molecular flexibility index (Phi) is 3.59. The minimum absolute atomic E-state index is 0.283. The number of anilines is 1. The Morgan fingerprint density at radius 3 is 2.26 bits per heavy atom. The molecule has 4 nitrogen and oxygen atoms in total. The number of rotatable bonds is 2. The summed E-state index contributed by atoms with van der Waals surface area (Å²) in [7, 11) is 0. The molecule has 23 heavy (non-hydrogen) atoms. The molecule has 0 saturated heterocycles. The smallest absolute Gasteiger partial charge is 0.105 e. The van der Waals surface area contributed by atoms with Crippen LogP contribution in [0.15, 0.2) is 65.4 Å². The topological polar surface area (TPSA) is 58.0 Å². The van der Waals surface area contributed by atoms with E-state index in [2.05, 4.69) is 31.2 Å². The van der Waals surface area contributed by atoms with Crippen LogP contribution in [0.3, 0.4) is 0 Å². The number of nitrogens with one attached hydrogen (secondary N) is 1. The highest BCUT2D eigenvalue weighted by molar-refractivity contribution is 9.10. The number of benzene rings is 1. The van der Waals surface area contributed by atoms with E-state index in [1.54, 1.807) is 12.4 Å². The maximum absolute atomic E-state index is 10.9. The second-order valence-electron chi connectivity index (χ2n) is 5.43. The van der Waals surface area contributed by atoms with Crippen molar-refractivity contribution in [3.63, 3.8) is 0 Å². The van der Waals surface area contributed by atoms with E-state index in [1.807, 2.05) is 48.5 Å². The van der Waals surface area contributed by atoms with E-state index in [1.165, 1.54) is 0 Å². The van der Waals surface area contributed by atoms with Gasteiger partial charge in [-0.15, -0.1) is 0 Å². The Labute approximate surface area is 142 Å². The normalized spacial score (nSPS) is 18.9. The number of halogens is 1. The quantitative estimate of drug-likeness (QED) is 0.715. The van der Waals surface area contributed by atoms with Crippen LogP contribution in [0.4, 0.5) is 5.69 Å². The van der Waals surface area contributed by atoms with Gasteiger partial charge in [-0.3, -0.25) is 9.97 Å². The zero-order valence-electron chi connectivity index (χ0n) is 12.1. The fraction of sp³-hybridized carbons (Fsp3) is 0.111. The molecule has 4 rings (SSSR count). The van der Waals surface area contributed by atoms with E-state index in [0.29, 0.717) is 0 Å². The van der Waals surface area contributed by atoms with Gasteiger partial charge in [0.2, 0.25) is 0 Å². The van der Waals surface area contributed by atoms with Crippen LogP contribution >= 0.6 is 15.9 Å². The Morgan fingerprint density at radius 1 is 0.870 bits per heavy atom. The maximum Gasteiger partial charge on any atom is 0.105 e. The summed E-state index contributed by atoms with van der Waals surface area (Å²) >= 11 is 3.54. The molecule has 2 heterocycles. The lowest BCUT2D eigenvalue weighted by Crippen LogP contribution is -2.25. The first-order valence-electron chi connectivity index (χ1n) is 7.35. The van der Waals surface area contributed by atoms with Gasteiger partial charge in [0.05, 0.1) is 17.4 Å². The number of para-hydroxylation sites is 1. The van der Waals surface area contributed by atoms with Gasteiger partial charge in [0.1, 0.15) is 6.10 Å². The van der Waals surface area contributed by atoms with Crippen LogP contribution in [0.1, 0.15) is 23.3 Å². The van der Waals surface area contributed by atoms with Crippen molar-refractivity contribution in [2.45, 2.75) is 12.1 Å². The zero-order valence-corrected chi connectivity index (χ0v) is 13.7. The van der Waals surface area contributed by atoms with E-state index < -0.39 is 6.10 Å². The van der Waals surface area contributed by atoms with Gasteiger partial charge in [-0.05, 0) is 40.2 Å². The molecule has 1 aromatic carbocycles. The number of hydrogen-bond donors (Lipinski definition) is 2. The first-order chi connectivity index (χ1) is 11.3. The molecule has 0 amide bonds. The lowest BCUT2D eigenvalue weighted by atomic mass is 9.86. The first-order valence-corrected chi connectivity index (χ1v) is 8.14. The van der Waals surface area contributed by atoms with Gasteiger partial charge in [-0.25, -0.2) is 0 Å². The average molecular weight is 368 g/mol. The van der Waals surface area contributed by atoms with Gasteiger partial charge < -0.3 is 10.4 Å². The molecule has 1 aliphatic rings. The minimum Gasteiger partial charge on any atom is -0.386 e. The number of nitrogens with zero attached hydrogens (tertiary/aromatic N) is 2. The van der Waals surface area contributed by atoms with E-state index in [4.69, 9.17) is 0 Å². The van der Waals surface area contributed by atoms with Crippen molar-refractivity contribution in [3.05, 3.63) is 76.5 Å². The van der Waals surface area contributed by atoms with Gasteiger partial charge in [0.25, 0.3) is 0 Å². The van der Waals surface area contributed by atoms with Crippen LogP contribution in [-0.2, 0) is 0 Å². The molecule has 0 spiro atoms. The second-order valence-corrected chi connectivity index (χ2v) is 6.28. The highest BCUT2D eigenvalue weighted by Gasteiger charge is 2.34. The Bertz CT molecular complexity index is 868. The Balaban J connectivity index is 1.84. The van der Waals surface area contributed by atoms with Crippen LogP contribution in [0, 0.1) is 0 Å². The summed E-state index contributed by atoms with van der Waals surface area (Å²) < 4.78 is 0.953. The van der Waals surface area contributed by atoms with E-state index in [-0.39, 0.29) is 6.04 Å². The second kappa shape index (κ2) is 5.76. The number of aliphatic hydroxyl groups excluding tert-OH is 1. The number of pyridine rings is 2. The molecule has 0 bridgehead atoms. The van der Waals surface area contributed by atoms with Gasteiger partial charge in [0.15, 0.2) is 0 Å². The average Bonchev–Trinajstić information content (AvgIpc) is 2.60. The van der Waals surface area contributed by atoms with Crippen molar-refractivity contribution < 1.29 is 5.11 Å². The molecule has 2 atom stereocenters. The molecule has 5 heteroatoms. The summed E-state index contributed by atoms with van der Waals surface area (Å²) in [6.45, 7) is 0. The van der Waals surface area contributed by atoms with Crippen molar-refractivity contribution in [3.8, 4) is 11.4 Å². The molecular weight excluding hydrogens is 354 g/mol. The van der Waals surface area contributed by atoms with Crippen molar-refractivity contribution >= 4 is 21.6 Å². The van der Waals surface area contributed by atoms with Crippen LogP contribution in [0.2, 0.25) is 0 Å². The van der Waals surface area contributed by atoms with Crippen LogP contribution < -0.4 is 5.32 Å². The van der Waals surface area contributed by atoms with Crippen LogP contribution in [-0.4, -0.2) is 15.1 Å². The number of aliphatic hydroxyl groups is 1. The number of hydrogen-bond acceptors (Lipinski definition) is 4. The summed E-state index contributed by atoms with van der Waals surface area (Å²) in [4.78, 5) is 8.89. The van der Waals surface area contributed by atoms with Gasteiger partial charge in [-0.2, -0.15) is 0 Å². The minimum atomic E-state index is -0.692. The lowest BCUT2D eigenvalue weighted by molar-refractivity contribution is 0.153. The van der Waals surface area contributed by atoms with Crippen molar-refractivity contribution in [2.75, 3.05) is 5.32 Å². The van der Waals surface area contributed by atoms with E-state index >= 15 is 0 Å². The maximum atomic E-state index is 10.9. The van der Waals surface area contributed by atoms with Crippen molar-refractivity contribution in [2.24, 2.45) is 0 Å². The monoisotopic (exact) mass is 367 g/mol. The summed E-state index contributed by atoms with van der Waals surface area (Å²) in [5, 5.41) is 14.3. The first kappa shape index (κ1) is 14.4. The van der Waals surface area contributed by atoms with Gasteiger partial charge in [-0.1, -0.05) is 24.3 Å². The standard InChI is InChI=1S/C18H14BrN3O/c19-13-7-1-2-8-14(13)22-17-11-5-3-9-20-15(11)16-12(18(17)23)6-4-10-21-16/h1-10,17-18,22-23H/t17-,18-/m1/s1. The molecule has 0 radical (unpaired) electrons. The lowest BCUT2D eigenvalue weighted by Gasteiger charge is -2.32. The summed E-state index contributed by atoms with van der Waals surface area (Å²) in [5.41, 5.74) is 4.24. The van der Waals surface area contributed by atoms with Crippen LogP contribution in [0.5, 0.6) is 0 Å². The summed E-state index contributed by atoms with van der Waals surface area (Å²) in [6, 6.07) is 15.2. The van der Waals surface area contributed by atoms with Crippen LogP contribution in [0.25, 0.3) is 11.4 Å². The van der Waals surface area contributed by atoms with E-state index in [9.17, 15) is 5.11 Å². The number of aromatic nitrogens is 2. The van der Waals surface area contributed by atoms with E-state index in [0.717, 1.165) is 32.7 Å². The Morgan fingerprint density at radius 2 is 1.52 bits per heavy atom. The predicted octanol–water partition coefficient (Wildman–Crippen LogP) is 4.11. The fourth-order valence-corrected chi connectivity index (χ4v) is 3.37. The third kappa shape index (κ3) is 2.42. The third-order valence-electron chi connectivity index (χ3n) is 4.06. The zero-order chi connectivity index (χ0) is 15.8. The number of fused-ring (bicyclic) bond motifs is 3. The highest BCUT2D eigenvalue weighted by atomic mass is 79.9. The molecule has 0 aliphatic heterocycles. The summed E-state index contributed by atoms with van der Waals surface area (Å²) in [5.74, 6) is 0. The molecule has 114 valence electrons. The third-order valence-corrected chi connectivity index (χ3v) is 4.75. The Hall–Kier alpha value is -2.24. The molecule has 0 fully saturated rings. The van der Waals surface area contributed by atoms with Gasteiger partial charge >= 0.3 is 0 Å². The highest BCUT2D eigenvalue weighted by Crippen LogP contribution is 2.44. The molecule has 2 N–H and O–H groups in total. The van der Waals surface area contributed by atoms with Crippen molar-refractivity contribution in [1.29, 1.82) is 0 Å². The fourth-order valence-electron chi connectivity index (χ4n) is 2.97. The van der Waals surface area contributed by atoms with Crippen molar-refractivity contribution in [1.82, 2.24) is 9.97 Å². The molecule has 0 saturated carbocycles. The summed E-state index contributed by atoms with van der Waals surface area (Å²) in [6.07, 6.45) is 2.79. The molecule has 2 aromatic heterocycles. The molecule has 0 unspecified atom stereocenters. The molecule has 3 aromatic rings. The van der Waals surface area contributed by atoms with Gasteiger partial charge in [0, 0.05) is 33.7 Å². The largest absolute Gasteiger partial charge is 0.386 e.